The summed E-state index contributed by atoms with van der Waals surface area (Å²) in [7, 11) is 2.12. The van der Waals surface area contributed by atoms with Gasteiger partial charge in [-0.3, -0.25) is 0 Å². The number of urea groups is 1. The third kappa shape index (κ3) is 4.35. The van der Waals surface area contributed by atoms with Crippen molar-refractivity contribution >= 4 is 6.03 Å². The van der Waals surface area contributed by atoms with Crippen LogP contribution in [0.2, 0.25) is 0 Å². The minimum absolute atomic E-state index is 0.0420. The summed E-state index contributed by atoms with van der Waals surface area (Å²) >= 11 is 0. The molecule has 0 saturated carbocycles. The van der Waals surface area contributed by atoms with E-state index in [0.717, 1.165) is 31.5 Å². The number of nitrogens with zero attached hydrogens (tertiary/aromatic N) is 4. The summed E-state index contributed by atoms with van der Waals surface area (Å²) in [6, 6.07) is 0.946. The number of likely N-dealkylation sites (N-methyl/N-ethyl adjacent to an activating group) is 1. The number of amides is 2. The lowest BCUT2D eigenvalue weighted by molar-refractivity contribution is 0.103. The van der Waals surface area contributed by atoms with Crippen molar-refractivity contribution < 1.29 is 9.53 Å². The van der Waals surface area contributed by atoms with E-state index in [2.05, 4.69) is 27.2 Å². The minimum atomic E-state index is 0.0420. The lowest BCUT2D eigenvalue weighted by Crippen LogP contribution is -2.49. The summed E-state index contributed by atoms with van der Waals surface area (Å²) in [6.07, 6.45) is 7.61. The molecule has 7 heteroatoms. The van der Waals surface area contributed by atoms with Gasteiger partial charge in [0.25, 0.3) is 0 Å². The molecule has 3 heterocycles. The van der Waals surface area contributed by atoms with Crippen LogP contribution in [0.1, 0.15) is 31.2 Å². The molecule has 1 N–H and O–H groups in total. The second-order valence-corrected chi connectivity index (χ2v) is 6.81. The quantitative estimate of drug-likeness (QED) is 0.903. The molecule has 2 fully saturated rings. The summed E-state index contributed by atoms with van der Waals surface area (Å²) in [4.78, 5) is 24.8. The van der Waals surface area contributed by atoms with Gasteiger partial charge >= 0.3 is 12.0 Å². The molecule has 0 aliphatic carbocycles. The topological polar surface area (TPSA) is 70.6 Å². The fraction of sp³-hybridized carbons (Fsp3) is 0.706. The van der Waals surface area contributed by atoms with Gasteiger partial charge in [-0.2, -0.15) is 0 Å². The highest BCUT2D eigenvalue weighted by Gasteiger charge is 2.26. The summed E-state index contributed by atoms with van der Waals surface area (Å²) in [5.74, 6) is 0. The van der Waals surface area contributed by atoms with Crippen molar-refractivity contribution in [2.75, 3.05) is 33.2 Å². The van der Waals surface area contributed by atoms with Gasteiger partial charge in [0.1, 0.15) is 6.10 Å². The van der Waals surface area contributed by atoms with Crippen LogP contribution in [0.15, 0.2) is 12.4 Å². The Bertz CT molecular complexity index is 542. The van der Waals surface area contributed by atoms with Gasteiger partial charge in [-0.05, 0) is 38.9 Å². The second-order valence-electron chi connectivity index (χ2n) is 6.81. The van der Waals surface area contributed by atoms with Crippen molar-refractivity contribution in [3.63, 3.8) is 0 Å². The second kappa shape index (κ2) is 7.79. The van der Waals surface area contributed by atoms with E-state index in [-0.39, 0.29) is 12.1 Å². The Morgan fingerprint density at radius 2 is 1.96 bits per heavy atom. The molecule has 2 aliphatic heterocycles. The molecule has 1 aromatic heterocycles. The first-order valence-corrected chi connectivity index (χ1v) is 8.80. The maximum Gasteiger partial charge on any atom is 0.317 e. The number of ether oxygens (including phenoxy) is 1. The molecule has 0 radical (unpaired) electrons. The normalized spacial score (nSPS) is 22.6. The van der Waals surface area contributed by atoms with Crippen LogP contribution in [0, 0.1) is 6.92 Å². The standard InChI is InChI=1S/C17H27N5O2/c1-13-10-18-16(19-11-13)24-15-5-8-22(9-6-15)17(23)20-12-14-4-3-7-21(14)2/h10-11,14-15H,3-9,12H2,1-2H3,(H,20,23). The number of likely N-dealkylation sites (tertiary alicyclic amines) is 2. The van der Waals surface area contributed by atoms with Crippen LogP contribution in [0.25, 0.3) is 0 Å². The summed E-state index contributed by atoms with van der Waals surface area (Å²) in [6.45, 7) is 5.24. The Morgan fingerprint density at radius 1 is 1.25 bits per heavy atom. The van der Waals surface area contributed by atoms with Crippen molar-refractivity contribution in [1.29, 1.82) is 0 Å². The van der Waals surface area contributed by atoms with Crippen LogP contribution in [0.4, 0.5) is 4.79 Å². The first kappa shape index (κ1) is 17.0. The van der Waals surface area contributed by atoms with Crippen molar-refractivity contribution in [2.24, 2.45) is 0 Å². The SMILES string of the molecule is Cc1cnc(OC2CCN(C(=O)NCC3CCCN3C)CC2)nc1. The Morgan fingerprint density at radius 3 is 2.58 bits per heavy atom. The highest BCUT2D eigenvalue weighted by Crippen LogP contribution is 2.17. The molecule has 0 aromatic carbocycles. The van der Waals surface area contributed by atoms with Gasteiger partial charge in [0.15, 0.2) is 0 Å². The van der Waals surface area contributed by atoms with E-state index in [1.165, 1.54) is 12.8 Å². The average molecular weight is 333 g/mol. The predicted octanol–water partition coefficient (Wildman–Crippen LogP) is 1.43. The van der Waals surface area contributed by atoms with Crippen molar-refractivity contribution in [1.82, 2.24) is 25.1 Å². The number of hydrogen-bond acceptors (Lipinski definition) is 5. The summed E-state index contributed by atoms with van der Waals surface area (Å²) < 4.78 is 5.81. The fourth-order valence-electron chi connectivity index (χ4n) is 3.32. The van der Waals surface area contributed by atoms with Crippen LogP contribution in [0.3, 0.4) is 0 Å². The predicted molar refractivity (Wildman–Crippen MR) is 91.0 cm³/mol. The number of piperidine rings is 1. The van der Waals surface area contributed by atoms with Gasteiger partial charge in [-0.1, -0.05) is 0 Å². The molecule has 3 rings (SSSR count). The van der Waals surface area contributed by atoms with E-state index in [1.54, 1.807) is 12.4 Å². The molecule has 0 bridgehead atoms. The zero-order valence-corrected chi connectivity index (χ0v) is 14.6. The summed E-state index contributed by atoms with van der Waals surface area (Å²) in [5.41, 5.74) is 1.02. The first-order chi connectivity index (χ1) is 11.6. The Hall–Kier alpha value is -1.89. The van der Waals surface area contributed by atoms with Gasteiger partial charge in [0.2, 0.25) is 0 Å². The number of aryl methyl sites for hydroxylation is 1. The van der Waals surface area contributed by atoms with Crippen LogP contribution >= 0.6 is 0 Å². The largest absolute Gasteiger partial charge is 0.460 e. The number of aromatic nitrogens is 2. The van der Waals surface area contributed by atoms with Gasteiger partial charge in [0, 0.05) is 50.9 Å². The summed E-state index contributed by atoms with van der Waals surface area (Å²) in [5, 5.41) is 3.08. The Labute approximate surface area is 143 Å². The molecule has 2 aliphatic rings. The molecule has 132 valence electrons. The van der Waals surface area contributed by atoms with Crippen LogP contribution in [-0.2, 0) is 0 Å². The zero-order chi connectivity index (χ0) is 16.9. The number of hydrogen-bond donors (Lipinski definition) is 1. The third-order valence-electron chi connectivity index (χ3n) is 4.92. The molecule has 1 unspecified atom stereocenters. The molecular formula is C17H27N5O2. The van der Waals surface area contributed by atoms with Crippen molar-refractivity contribution in [3.05, 3.63) is 18.0 Å². The maximum absolute atomic E-state index is 12.3. The highest BCUT2D eigenvalue weighted by molar-refractivity contribution is 5.74. The molecular weight excluding hydrogens is 306 g/mol. The van der Waals surface area contributed by atoms with Crippen LogP contribution in [-0.4, -0.2) is 71.2 Å². The highest BCUT2D eigenvalue weighted by atomic mass is 16.5. The molecule has 7 nitrogen and oxygen atoms in total. The molecule has 0 spiro atoms. The van der Waals surface area contributed by atoms with E-state index in [0.29, 0.717) is 25.1 Å². The van der Waals surface area contributed by atoms with E-state index >= 15 is 0 Å². The number of rotatable bonds is 4. The number of carbonyl (C=O) groups is 1. The lowest BCUT2D eigenvalue weighted by Gasteiger charge is -2.32. The Kier molecular flexibility index (Phi) is 5.50. The number of carbonyl (C=O) groups excluding carboxylic acids is 1. The van der Waals surface area contributed by atoms with E-state index < -0.39 is 0 Å². The van der Waals surface area contributed by atoms with Gasteiger partial charge < -0.3 is 19.9 Å². The molecule has 24 heavy (non-hydrogen) atoms. The minimum Gasteiger partial charge on any atom is -0.460 e. The zero-order valence-electron chi connectivity index (χ0n) is 14.6. The van der Waals surface area contributed by atoms with Gasteiger partial charge in [-0.25, -0.2) is 14.8 Å². The van der Waals surface area contributed by atoms with Gasteiger partial charge in [-0.15, -0.1) is 0 Å². The smallest absolute Gasteiger partial charge is 0.317 e. The monoisotopic (exact) mass is 333 g/mol. The molecule has 2 saturated heterocycles. The van der Waals surface area contributed by atoms with Crippen LogP contribution in [0.5, 0.6) is 6.01 Å². The number of nitrogens with one attached hydrogen (secondary N) is 1. The van der Waals surface area contributed by atoms with E-state index in [9.17, 15) is 4.79 Å². The van der Waals surface area contributed by atoms with Crippen LogP contribution < -0.4 is 10.1 Å². The van der Waals surface area contributed by atoms with Crippen molar-refractivity contribution in [3.8, 4) is 6.01 Å². The van der Waals surface area contributed by atoms with Crippen molar-refractivity contribution in [2.45, 2.75) is 44.8 Å². The molecule has 2 amide bonds. The first-order valence-electron chi connectivity index (χ1n) is 8.80. The Balaban J connectivity index is 1.39. The van der Waals surface area contributed by atoms with E-state index in [4.69, 9.17) is 4.74 Å². The molecule has 1 atom stereocenters. The van der Waals surface area contributed by atoms with E-state index in [1.807, 2.05) is 11.8 Å². The van der Waals surface area contributed by atoms with Gasteiger partial charge in [0.05, 0.1) is 0 Å². The fourth-order valence-corrected chi connectivity index (χ4v) is 3.32. The third-order valence-corrected chi connectivity index (χ3v) is 4.92. The molecule has 1 aromatic rings. The maximum atomic E-state index is 12.3. The lowest BCUT2D eigenvalue weighted by atomic mass is 10.1. The average Bonchev–Trinajstić information content (AvgIpc) is 3.00.